The minimum absolute atomic E-state index is 0.110. The molecule has 31 heavy (non-hydrogen) atoms. The molecule has 1 aromatic heterocycles. The number of rotatable bonds is 4. The molecule has 2 aliphatic rings. The van der Waals surface area contributed by atoms with E-state index in [-0.39, 0.29) is 17.6 Å². The lowest BCUT2D eigenvalue weighted by Gasteiger charge is -2.36. The summed E-state index contributed by atoms with van der Waals surface area (Å²) in [5, 5.41) is 6.27. The fourth-order valence-corrected chi connectivity index (χ4v) is 4.45. The van der Waals surface area contributed by atoms with Gasteiger partial charge in [-0.2, -0.15) is 0 Å². The van der Waals surface area contributed by atoms with Crippen LogP contribution in [0.1, 0.15) is 38.2 Å². The zero-order chi connectivity index (χ0) is 22.1. The number of dihydropyridines is 1. The van der Waals surface area contributed by atoms with E-state index in [1.165, 1.54) is 0 Å². The highest BCUT2D eigenvalue weighted by Crippen LogP contribution is 2.43. The van der Waals surface area contributed by atoms with Crippen LogP contribution in [0.2, 0.25) is 0 Å². The predicted molar refractivity (Wildman–Crippen MR) is 123 cm³/mol. The standard InChI is InChI=1S/C25H28N4O2/c1-15-13-19-24(20(30)14-15)23(17-8-10-18(11-9-17)29(3)4)22(16(2)27-19)25(31)28-21-7-5-6-12-26-21/h5-12,15,23,27H,13-14H2,1-4H3,(H,26,28,31)/t15-,23+/m0/s1. The predicted octanol–water partition coefficient (Wildman–Crippen LogP) is 4.00. The van der Waals surface area contributed by atoms with Gasteiger partial charge in [0.15, 0.2) is 5.78 Å². The number of carbonyl (C=O) groups excluding carboxylic acids is 2. The van der Waals surface area contributed by atoms with Crippen LogP contribution in [-0.2, 0) is 9.59 Å². The third kappa shape index (κ3) is 4.10. The number of aromatic nitrogens is 1. The Morgan fingerprint density at radius 2 is 1.87 bits per heavy atom. The molecular formula is C25H28N4O2. The fraction of sp³-hybridized carbons (Fsp3) is 0.320. The van der Waals surface area contributed by atoms with Crippen molar-refractivity contribution in [3.8, 4) is 0 Å². The molecule has 1 aliphatic heterocycles. The van der Waals surface area contributed by atoms with Gasteiger partial charge in [0.1, 0.15) is 5.82 Å². The summed E-state index contributed by atoms with van der Waals surface area (Å²) in [6, 6.07) is 13.5. The van der Waals surface area contributed by atoms with Crippen LogP contribution in [0, 0.1) is 5.92 Å². The molecule has 0 saturated carbocycles. The summed E-state index contributed by atoms with van der Waals surface area (Å²) in [5.41, 5.74) is 4.99. The number of amides is 1. The lowest BCUT2D eigenvalue weighted by molar-refractivity contribution is -0.117. The van der Waals surface area contributed by atoms with E-state index in [0.29, 0.717) is 23.4 Å². The first-order chi connectivity index (χ1) is 14.8. The molecule has 0 bridgehead atoms. The number of anilines is 2. The molecule has 1 aliphatic carbocycles. The lowest BCUT2D eigenvalue weighted by atomic mass is 9.73. The van der Waals surface area contributed by atoms with Gasteiger partial charge in [0.05, 0.1) is 0 Å². The van der Waals surface area contributed by atoms with Crippen molar-refractivity contribution < 1.29 is 9.59 Å². The number of hydrogen-bond donors (Lipinski definition) is 2. The molecule has 0 spiro atoms. The quantitative estimate of drug-likeness (QED) is 0.788. The number of ketones is 1. The first kappa shape index (κ1) is 20.8. The molecule has 0 fully saturated rings. The van der Waals surface area contributed by atoms with E-state index in [0.717, 1.165) is 29.1 Å². The maximum absolute atomic E-state index is 13.4. The summed E-state index contributed by atoms with van der Waals surface area (Å²) in [7, 11) is 3.98. The molecule has 6 nitrogen and oxygen atoms in total. The highest BCUT2D eigenvalue weighted by Gasteiger charge is 2.39. The van der Waals surface area contributed by atoms with Gasteiger partial charge in [-0.05, 0) is 49.1 Å². The van der Waals surface area contributed by atoms with Gasteiger partial charge in [-0.25, -0.2) is 4.98 Å². The number of nitrogens with one attached hydrogen (secondary N) is 2. The van der Waals surface area contributed by atoms with Gasteiger partial charge < -0.3 is 15.5 Å². The van der Waals surface area contributed by atoms with E-state index in [2.05, 4.69) is 22.5 Å². The Bertz CT molecular complexity index is 1070. The summed E-state index contributed by atoms with van der Waals surface area (Å²) in [6.45, 7) is 3.99. The first-order valence-corrected chi connectivity index (χ1v) is 10.6. The summed E-state index contributed by atoms with van der Waals surface area (Å²) in [6.07, 6.45) is 2.95. The Morgan fingerprint density at radius 1 is 1.13 bits per heavy atom. The summed E-state index contributed by atoms with van der Waals surface area (Å²) in [4.78, 5) is 32.8. The molecule has 2 atom stereocenters. The SMILES string of the molecule is CC1=C(C(=O)Nc2ccccn2)[C@@H](c2ccc(N(C)C)cc2)C2=C(C[C@H](C)CC2=O)N1. The van der Waals surface area contributed by atoms with Gasteiger partial charge in [-0.15, -0.1) is 0 Å². The van der Waals surface area contributed by atoms with Gasteiger partial charge in [0, 0.05) is 60.9 Å². The second kappa shape index (κ2) is 8.38. The molecular weight excluding hydrogens is 388 g/mol. The molecule has 2 heterocycles. The van der Waals surface area contributed by atoms with Crippen molar-refractivity contribution in [1.82, 2.24) is 10.3 Å². The molecule has 4 rings (SSSR count). The number of nitrogens with zero attached hydrogens (tertiary/aromatic N) is 2. The first-order valence-electron chi connectivity index (χ1n) is 10.6. The minimum Gasteiger partial charge on any atom is -0.378 e. The Morgan fingerprint density at radius 3 is 2.52 bits per heavy atom. The Kier molecular flexibility index (Phi) is 5.63. The van der Waals surface area contributed by atoms with Gasteiger partial charge in [-0.1, -0.05) is 25.1 Å². The zero-order valence-electron chi connectivity index (χ0n) is 18.4. The minimum atomic E-state index is -0.406. The van der Waals surface area contributed by atoms with Gasteiger partial charge in [-0.3, -0.25) is 9.59 Å². The highest BCUT2D eigenvalue weighted by atomic mass is 16.2. The van der Waals surface area contributed by atoms with E-state index < -0.39 is 5.92 Å². The van der Waals surface area contributed by atoms with Crippen molar-refractivity contribution in [2.24, 2.45) is 5.92 Å². The normalized spacial score (nSPS) is 20.8. The Hall–Kier alpha value is -3.41. The van der Waals surface area contributed by atoms with Crippen molar-refractivity contribution in [2.75, 3.05) is 24.3 Å². The van der Waals surface area contributed by atoms with Crippen LogP contribution < -0.4 is 15.5 Å². The monoisotopic (exact) mass is 416 g/mol. The van der Waals surface area contributed by atoms with E-state index in [9.17, 15) is 9.59 Å². The van der Waals surface area contributed by atoms with Crippen molar-refractivity contribution in [2.45, 2.75) is 32.6 Å². The fourth-order valence-electron chi connectivity index (χ4n) is 4.45. The second-order valence-corrected chi connectivity index (χ2v) is 8.58. The van der Waals surface area contributed by atoms with E-state index in [4.69, 9.17) is 0 Å². The smallest absolute Gasteiger partial charge is 0.255 e. The molecule has 0 radical (unpaired) electrons. The van der Waals surface area contributed by atoms with Crippen molar-refractivity contribution >= 4 is 23.2 Å². The average Bonchev–Trinajstić information content (AvgIpc) is 2.73. The number of benzene rings is 1. The Labute approximate surface area is 183 Å². The average molecular weight is 417 g/mol. The van der Waals surface area contributed by atoms with Crippen LogP contribution in [0.15, 0.2) is 71.2 Å². The van der Waals surface area contributed by atoms with Crippen molar-refractivity contribution in [3.63, 3.8) is 0 Å². The number of hydrogen-bond acceptors (Lipinski definition) is 5. The molecule has 6 heteroatoms. The molecule has 1 aromatic carbocycles. The summed E-state index contributed by atoms with van der Waals surface area (Å²) < 4.78 is 0. The summed E-state index contributed by atoms with van der Waals surface area (Å²) >= 11 is 0. The lowest BCUT2D eigenvalue weighted by Crippen LogP contribution is -2.37. The third-order valence-corrected chi connectivity index (χ3v) is 5.93. The topological polar surface area (TPSA) is 74.3 Å². The molecule has 2 N–H and O–H groups in total. The van der Waals surface area contributed by atoms with Crippen LogP contribution >= 0.6 is 0 Å². The van der Waals surface area contributed by atoms with Crippen molar-refractivity contribution in [3.05, 3.63) is 76.8 Å². The third-order valence-electron chi connectivity index (χ3n) is 5.93. The van der Waals surface area contributed by atoms with Crippen LogP contribution in [-0.4, -0.2) is 30.8 Å². The van der Waals surface area contributed by atoms with Crippen molar-refractivity contribution in [1.29, 1.82) is 0 Å². The van der Waals surface area contributed by atoms with E-state index >= 15 is 0 Å². The second-order valence-electron chi connectivity index (χ2n) is 8.58. The number of Topliss-reactive ketones (excluding diaryl/α,β-unsaturated/α-hetero) is 1. The largest absolute Gasteiger partial charge is 0.378 e. The van der Waals surface area contributed by atoms with Gasteiger partial charge in [0.25, 0.3) is 5.91 Å². The molecule has 2 aromatic rings. The molecule has 0 unspecified atom stereocenters. The Balaban J connectivity index is 1.79. The maximum atomic E-state index is 13.4. The molecule has 160 valence electrons. The zero-order valence-corrected chi connectivity index (χ0v) is 18.4. The van der Waals surface area contributed by atoms with Crippen LogP contribution in [0.25, 0.3) is 0 Å². The number of carbonyl (C=O) groups is 2. The molecule has 0 saturated heterocycles. The number of pyridine rings is 1. The maximum Gasteiger partial charge on any atom is 0.255 e. The van der Waals surface area contributed by atoms with Gasteiger partial charge in [0.2, 0.25) is 0 Å². The van der Waals surface area contributed by atoms with Crippen LogP contribution in [0.5, 0.6) is 0 Å². The number of allylic oxidation sites excluding steroid dienone is 3. The van der Waals surface area contributed by atoms with Crippen LogP contribution in [0.4, 0.5) is 11.5 Å². The van der Waals surface area contributed by atoms with E-state index in [1.54, 1.807) is 18.3 Å². The highest BCUT2D eigenvalue weighted by molar-refractivity contribution is 6.09. The summed E-state index contributed by atoms with van der Waals surface area (Å²) in [5.74, 6) is 0.225. The van der Waals surface area contributed by atoms with Crippen LogP contribution in [0.3, 0.4) is 0 Å². The van der Waals surface area contributed by atoms with E-state index in [1.807, 2.05) is 56.3 Å². The molecule has 1 amide bonds. The van der Waals surface area contributed by atoms with Gasteiger partial charge >= 0.3 is 0 Å².